The van der Waals surface area contributed by atoms with E-state index in [4.69, 9.17) is 18.5 Å². The molecule has 1 aromatic carbocycles. The highest BCUT2D eigenvalue weighted by Crippen LogP contribution is 2.47. The van der Waals surface area contributed by atoms with Gasteiger partial charge in [-0.15, -0.1) is 11.8 Å². The van der Waals surface area contributed by atoms with Gasteiger partial charge in [0, 0.05) is 12.1 Å². The van der Waals surface area contributed by atoms with Crippen molar-refractivity contribution < 1.29 is 32.7 Å². The fourth-order valence-electron chi connectivity index (χ4n) is 3.30. The van der Waals surface area contributed by atoms with Gasteiger partial charge in [0.1, 0.15) is 0 Å². The maximum atomic E-state index is 12.8. The molecule has 0 unspecified atom stereocenters. The van der Waals surface area contributed by atoms with E-state index in [1.54, 1.807) is 32.9 Å². The maximum absolute atomic E-state index is 12.8. The first-order valence-corrected chi connectivity index (χ1v) is 12.3. The summed E-state index contributed by atoms with van der Waals surface area (Å²) in [6, 6.07) is 3.49. The fourth-order valence-corrected chi connectivity index (χ4v) is 6.03. The predicted octanol–water partition coefficient (Wildman–Crippen LogP) is 3.03. The monoisotopic (exact) mass is 443 g/mol. The molecule has 160 valence electrons. The average Bonchev–Trinajstić information content (AvgIpc) is 3.09. The maximum Gasteiger partial charge on any atom is 0.332 e. The number of rotatable bonds is 8. The number of Topliss-reactive ketones (excluding diaryl/α,β-unsaturated/α-hetero) is 1. The summed E-state index contributed by atoms with van der Waals surface area (Å²) in [7, 11) is -3.21. The van der Waals surface area contributed by atoms with Crippen molar-refractivity contribution in [3.05, 3.63) is 23.3 Å². The van der Waals surface area contributed by atoms with Gasteiger partial charge in [-0.2, -0.15) is 0 Å². The Kier molecular flexibility index (Phi) is 7.27. The van der Waals surface area contributed by atoms with Gasteiger partial charge in [-0.25, -0.2) is 0 Å². The lowest BCUT2D eigenvalue weighted by molar-refractivity contribution is -0.120. The van der Waals surface area contributed by atoms with Crippen LogP contribution >= 0.6 is 19.4 Å². The third-order valence-electron chi connectivity index (χ3n) is 4.64. The standard InChI is InChI=1S/C19H26NO7PS/c1-4-26-28(23,27-5-2)7-6-20-19(22)17-9-13-8-15-16(25-11-24-15)10-14(13)18(21)12(3)29-17/h8,10,12,17H,4-7,9,11H2,1-3H3,(H,20,22)/t12-,17+/m0/s1. The molecule has 0 aromatic heterocycles. The molecule has 10 heteroatoms. The topological polar surface area (TPSA) is 100 Å². The van der Waals surface area contributed by atoms with Crippen molar-refractivity contribution in [2.45, 2.75) is 37.7 Å². The van der Waals surface area contributed by atoms with E-state index in [0.717, 1.165) is 5.56 Å². The van der Waals surface area contributed by atoms with Gasteiger partial charge in [0.15, 0.2) is 17.3 Å². The van der Waals surface area contributed by atoms with Crippen LogP contribution in [0.4, 0.5) is 0 Å². The highest BCUT2D eigenvalue weighted by Gasteiger charge is 2.34. The number of ketones is 1. The number of benzene rings is 1. The zero-order chi connectivity index (χ0) is 21.0. The van der Waals surface area contributed by atoms with Gasteiger partial charge < -0.3 is 23.8 Å². The molecule has 8 nitrogen and oxygen atoms in total. The largest absolute Gasteiger partial charge is 0.454 e. The van der Waals surface area contributed by atoms with Gasteiger partial charge in [0.05, 0.1) is 29.9 Å². The molecule has 0 saturated carbocycles. The Hall–Kier alpha value is -1.54. The second kappa shape index (κ2) is 9.51. The molecule has 1 amide bonds. The normalized spacial score (nSPS) is 20.9. The lowest BCUT2D eigenvalue weighted by atomic mass is 9.97. The van der Waals surface area contributed by atoms with Gasteiger partial charge in [0.25, 0.3) is 0 Å². The number of hydrogen-bond acceptors (Lipinski definition) is 8. The minimum atomic E-state index is -3.21. The van der Waals surface area contributed by atoms with Crippen molar-refractivity contribution in [3.63, 3.8) is 0 Å². The molecule has 0 saturated heterocycles. The van der Waals surface area contributed by atoms with Gasteiger partial charge in [-0.1, -0.05) is 0 Å². The van der Waals surface area contributed by atoms with Gasteiger partial charge in [-0.05, 0) is 44.9 Å². The summed E-state index contributed by atoms with van der Waals surface area (Å²) in [6.07, 6.45) is 0.495. The van der Waals surface area contributed by atoms with Crippen molar-refractivity contribution in [1.82, 2.24) is 5.32 Å². The molecule has 29 heavy (non-hydrogen) atoms. The molecular formula is C19H26NO7PS. The number of hydrogen-bond donors (Lipinski definition) is 1. The summed E-state index contributed by atoms with van der Waals surface area (Å²) in [5.41, 5.74) is 1.34. The Bertz CT molecular complexity index is 821. The van der Waals surface area contributed by atoms with E-state index in [1.807, 2.05) is 0 Å². The van der Waals surface area contributed by atoms with Crippen LogP contribution in [0.2, 0.25) is 0 Å². The van der Waals surface area contributed by atoms with Gasteiger partial charge in [0.2, 0.25) is 12.7 Å². The number of thioether (sulfide) groups is 1. The Morgan fingerprint density at radius 2 is 1.90 bits per heavy atom. The van der Waals surface area contributed by atoms with E-state index in [0.29, 0.717) is 23.5 Å². The summed E-state index contributed by atoms with van der Waals surface area (Å²) in [4.78, 5) is 25.6. The number of nitrogens with one attached hydrogen (secondary N) is 1. The molecule has 1 aromatic rings. The van der Waals surface area contributed by atoms with Crippen LogP contribution in [-0.4, -0.2) is 54.9 Å². The molecule has 0 fully saturated rings. The lowest BCUT2D eigenvalue weighted by Crippen LogP contribution is -2.36. The summed E-state index contributed by atoms with van der Waals surface area (Å²) >= 11 is 1.32. The second-order valence-electron chi connectivity index (χ2n) is 6.66. The van der Waals surface area contributed by atoms with Crippen LogP contribution in [0.5, 0.6) is 11.5 Å². The highest BCUT2D eigenvalue weighted by molar-refractivity contribution is 8.01. The predicted molar refractivity (Wildman–Crippen MR) is 110 cm³/mol. The van der Waals surface area contributed by atoms with E-state index in [-0.39, 0.29) is 49.7 Å². The van der Waals surface area contributed by atoms with Crippen LogP contribution in [-0.2, 0) is 24.8 Å². The first-order valence-electron chi connectivity index (χ1n) is 9.65. The van der Waals surface area contributed by atoms with Gasteiger partial charge in [-0.3, -0.25) is 14.2 Å². The Balaban J connectivity index is 1.68. The van der Waals surface area contributed by atoms with Crippen molar-refractivity contribution in [2.24, 2.45) is 0 Å². The quantitative estimate of drug-likeness (QED) is 0.612. The molecular weight excluding hydrogens is 417 g/mol. The molecule has 2 aliphatic heterocycles. The number of carbonyl (C=O) groups excluding carboxylic acids is 2. The summed E-state index contributed by atoms with van der Waals surface area (Å²) in [5.74, 6) is 0.903. The highest BCUT2D eigenvalue weighted by atomic mass is 32.2. The molecule has 0 radical (unpaired) electrons. The number of fused-ring (bicyclic) bond motifs is 2. The number of ether oxygens (including phenoxy) is 2. The molecule has 1 N–H and O–H groups in total. The lowest BCUT2D eigenvalue weighted by Gasteiger charge is -2.19. The minimum absolute atomic E-state index is 0.0317. The zero-order valence-electron chi connectivity index (χ0n) is 16.8. The Morgan fingerprint density at radius 1 is 1.24 bits per heavy atom. The van der Waals surface area contributed by atoms with E-state index >= 15 is 0 Å². The van der Waals surface area contributed by atoms with Crippen LogP contribution in [0, 0.1) is 0 Å². The Morgan fingerprint density at radius 3 is 2.55 bits per heavy atom. The Labute approximate surface area is 174 Å². The second-order valence-corrected chi connectivity index (χ2v) is 10.4. The average molecular weight is 443 g/mol. The summed E-state index contributed by atoms with van der Waals surface area (Å²) in [5, 5.41) is 1.99. The molecule has 2 heterocycles. The summed E-state index contributed by atoms with van der Waals surface area (Å²) < 4.78 is 33.8. The van der Waals surface area contributed by atoms with E-state index < -0.39 is 12.8 Å². The van der Waals surface area contributed by atoms with Crippen molar-refractivity contribution >= 4 is 31.0 Å². The molecule has 2 atom stereocenters. The molecule has 0 spiro atoms. The minimum Gasteiger partial charge on any atom is -0.454 e. The molecule has 3 rings (SSSR count). The van der Waals surface area contributed by atoms with E-state index in [9.17, 15) is 14.2 Å². The zero-order valence-corrected chi connectivity index (χ0v) is 18.5. The smallest absolute Gasteiger partial charge is 0.332 e. The van der Waals surface area contributed by atoms with Crippen LogP contribution < -0.4 is 14.8 Å². The third-order valence-corrected chi connectivity index (χ3v) is 8.04. The number of carbonyl (C=O) groups is 2. The van der Waals surface area contributed by atoms with Crippen LogP contribution in [0.1, 0.15) is 36.7 Å². The fraction of sp³-hybridized carbons (Fsp3) is 0.579. The SMILES string of the molecule is CCOP(=O)(CCNC(=O)[C@H]1Cc2cc3c(cc2C(=O)[C@H](C)S1)OCO3)OCC. The molecule has 0 bridgehead atoms. The van der Waals surface area contributed by atoms with Crippen LogP contribution in [0.25, 0.3) is 0 Å². The first-order chi connectivity index (χ1) is 13.9. The van der Waals surface area contributed by atoms with Crippen molar-refractivity contribution in [3.8, 4) is 11.5 Å². The summed E-state index contributed by atoms with van der Waals surface area (Å²) in [6.45, 7) is 6.13. The molecule has 2 aliphatic rings. The third kappa shape index (κ3) is 5.15. The van der Waals surface area contributed by atoms with Crippen LogP contribution in [0.15, 0.2) is 12.1 Å². The van der Waals surface area contributed by atoms with Gasteiger partial charge >= 0.3 is 7.60 Å². The first kappa shape index (κ1) is 22.2. The molecule has 0 aliphatic carbocycles. The van der Waals surface area contributed by atoms with E-state index in [2.05, 4.69) is 5.32 Å². The van der Waals surface area contributed by atoms with Crippen molar-refractivity contribution in [2.75, 3.05) is 32.7 Å². The van der Waals surface area contributed by atoms with E-state index in [1.165, 1.54) is 11.8 Å². The van der Waals surface area contributed by atoms with Crippen molar-refractivity contribution in [1.29, 1.82) is 0 Å². The van der Waals surface area contributed by atoms with Crippen LogP contribution in [0.3, 0.4) is 0 Å². The number of amides is 1.